The molecule has 3 aromatic rings. The van der Waals surface area contributed by atoms with E-state index in [2.05, 4.69) is 65.4 Å². The van der Waals surface area contributed by atoms with Crippen LogP contribution in [0.2, 0.25) is 0 Å². The fraction of sp³-hybridized carbons (Fsp3) is 0.516. The predicted octanol–water partition coefficient (Wildman–Crippen LogP) is 5.78. The van der Waals surface area contributed by atoms with Crippen molar-refractivity contribution in [3.05, 3.63) is 65.5 Å². The van der Waals surface area contributed by atoms with E-state index in [9.17, 15) is 4.79 Å². The molecule has 1 fully saturated rings. The quantitative estimate of drug-likeness (QED) is 0.343. The van der Waals surface area contributed by atoms with Gasteiger partial charge in [-0.05, 0) is 74.8 Å². The number of carbonyl (C=O) groups excluding carboxylic acids is 1. The number of ether oxygens (including phenoxy) is 1. The van der Waals surface area contributed by atoms with Crippen LogP contribution in [0.25, 0.3) is 11.4 Å². The first-order valence-corrected chi connectivity index (χ1v) is 13.9. The maximum absolute atomic E-state index is 12.9. The molecule has 0 saturated carbocycles. The highest BCUT2D eigenvalue weighted by Gasteiger charge is 2.27. The number of piperidine rings is 1. The average molecular weight is 519 g/mol. The molecule has 7 nitrogen and oxygen atoms in total. The van der Waals surface area contributed by atoms with Gasteiger partial charge < -0.3 is 14.6 Å². The fourth-order valence-corrected chi connectivity index (χ4v) is 4.85. The first-order valence-electron chi connectivity index (χ1n) is 13.9. The van der Waals surface area contributed by atoms with Crippen LogP contribution in [0.1, 0.15) is 70.9 Å². The first kappa shape index (κ1) is 27.8. The van der Waals surface area contributed by atoms with E-state index in [4.69, 9.17) is 9.26 Å². The van der Waals surface area contributed by atoms with Gasteiger partial charge in [-0.2, -0.15) is 4.98 Å². The van der Waals surface area contributed by atoms with Crippen LogP contribution in [0.15, 0.2) is 53.1 Å². The van der Waals surface area contributed by atoms with Crippen LogP contribution in [0, 0.1) is 5.92 Å². The predicted molar refractivity (Wildman–Crippen MR) is 150 cm³/mol. The lowest BCUT2D eigenvalue weighted by Crippen LogP contribution is -2.43. The van der Waals surface area contributed by atoms with Crippen molar-refractivity contribution in [3.63, 3.8) is 0 Å². The van der Waals surface area contributed by atoms with Gasteiger partial charge in [0.25, 0.3) is 0 Å². The number of likely N-dealkylation sites (tertiary alicyclic amines) is 1. The van der Waals surface area contributed by atoms with Crippen LogP contribution in [-0.2, 0) is 23.2 Å². The number of benzene rings is 2. The van der Waals surface area contributed by atoms with E-state index < -0.39 is 0 Å². The van der Waals surface area contributed by atoms with E-state index in [0.717, 1.165) is 43.5 Å². The number of aryl methyl sites for hydroxylation is 1. The van der Waals surface area contributed by atoms with Gasteiger partial charge in [0.1, 0.15) is 5.75 Å². The lowest BCUT2D eigenvalue weighted by atomic mass is 9.87. The lowest BCUT2D eigenvalue weighted by molar-refractivity contribution is -0.126. The third-order valence-corrected chi connectivity index (χ3v) is 6.92. The molecular weight excluding hydrogens is 476 g/mol. The summed E-state index contributed by atoms with van der Waals surface area (Å²) in [6, 6.07) is 16.5. The number of amides is 1. The van der Waals surface area contributed by atoms with Gasteiger partial charge in [-0.3, -0.25) is 9.69 Å². The van der Waals surface area contributed by atoms with E-state index >= 15 is 0 Å². The Balaban J connectivity index is 1.22. The molecule has 204 valence electrons. The highest BCUT2D eigenvalue weighted by atomic mass is 16.5. The Morgan fingerprint density at radius 2 is 1.97 bits per heavy atom. The Morgan fingerprint density at radius 3 is 2.71 bits per heavy atom. The van der Waals surface area contributed by atoms with Crippen LogP contribution in [-0.4, -0.2) is 46.7 Å². The fourth-order valence-electron chi connectivity index (χ4n) is 4.85. The lowest BCUT2D eigenvalue weighted by Gasteiger charge is -2.30. The van der Waals surface area contributed by atoms with Gasteiger partial charge in [-0.25, -0.2) is 0 Å². The molecule has 1 atom stereocenters. The van der Waals surface area contributed by atoms with Gasteiger partial charge in [-0.15, -0.1) is 0 Å². The van der Waals surface area contributed by atoms with E-state index in [0.29, 0.717) is 31.3 Å². The van der Waals surface area contributed by atoms with Gasteiger partial charge in [0.15, 0.2) is 0 Å². The number of rotatable bonds is 10. The van der Waals surface area contributed by atoms with Crippen molar-refractivity contribution in [2.75, 3.05) is 19.6 Å². The minimum absolute atomic E-state index is 0.0149. The minimum Gasteiger partial charge on any atom is -0.491 e. The Hall–Kier alpha value is -3.19. The van der Waals surface area contributed by atoms with Crippen molar-refractivity contribution in [1.29, 1.82) is 0 Å². The van der Waals surface area contributed by atoms with Gasteiger partial charge in [0, 0.05) is 18.7 Å². The summed E-state index contributed by atoms with van der Waals surface area (Å²) in [4.78, 5) is 19.7. The summed E-state index contributed by atoms with van der Waals surface area (Å²) in [5.41, 5.74) is 3.55. The van der Waals surface area contributed by atoms with Crippen molar-refractivity contribution in [2.24, 2.45) is 5.92 Å². The Labute approximate surface area is 227 Å². The van der Waals surface area contributed by atoms with Gasteiger partial charge in [0.2, 0.25) is 17.6 Å². The average Bonchev–Trinajstić information content (AvgIpc) is 3.34. The summed E-state index contributed by atoms with van der Waals surface area (Å²) >= 11 is 0. The Kier molecular flexibility index (Phi) is 9.21. The van der Waals surface area contributed by atoms with Crippen molar-refractivity contribution in [1.82, 2.24) is 20.4 Å². The van der Waals surface area contributed by atoms with Crippen LogP contribution >= 0.6 is 0 Å². The molecule has 0 radical (unpaired) electrons. The van der Waals surface area contributed by atoms with E-state index in [1.807, 2.05) is 38.1 Å². The van der Waals surface area contributed by atoms with Crippen LogP contribution in [0.3, 0.4) is 0 Å². The molecule has 0 bridgehead atoms. The summed E-state index contributed by atoms with van der Waals surface area (Å²) in [5.74, 6) is 2.21. The molecule has 1 N–H and O–H groups in total. The zero-order chi connectivity index (χ0) is 27.1. The van der Waals surface area contributed by atoms with Crippen molar-refractivity contribution >= 4 is 5.91 Å². The number of carbonyl (C=O) groups is 1. The molecule has 0 spiro atoms. The molecule has 0 aliphatic carbocycles. The van der Waals surface area contributed by atoms with Crippen LogP contribution in [0.4, 0.5) is 0 Å². The summed E-state index contributed by atoms with van der Waals surface area (Å²) in [6.45, 7) is 13.5. The second kappa shape index (κ2) is 12.6. The second-order valence-corrected chi connectivity index (χ2v) is 11.6. The molecule has 1 saturated heterocycles. The summed E-state index contributed by atoms with van der Waals surface area (Å²) in [5, 5.41) is 7.34. The monoisotopic (exact) mass is 518 g/mol. The molecule has 2 aromatic carbocycles. The summed E-state index contributed by atoms with van der Waals surface area (Å²) < 4.78 is 11.3. The number of hydrogen-bond donors (Lipinski definition) is 1. The van der Waals surface area contributed by atoms with Gasteiger partial charge in [0.05, 0.1) is 18.6 Å². The van der Waals surface area contributed by atoms with Crippen LogP contribution in [0.5, 0.6) is 5.75 Å². The third kappa shape index (κ3) is 7.90. The summed E-state index contributed by atoms with van der Waals surface area (Å²) in [7, 11) is 0. The van der Waals surface area contributed by atoms with E-state index in [-0.39, 0.29) is 23.3 Å². The molecule has 7 heteroatoms. The van der Waals surface area contributed by atoms with Crippen molar-refractivity contribution < 1.29 is 14.1 Å². The van der Waals surface area contributed by atoms with Crippen molar-refractivity contribution in [3.8, 4) is 17.1 Å². The third-order valence-electron chi connectivity index (χ3n) is 6.92. The van der Waals surface area contributed by atoms with E-state index in [1.165, 1.54) is 11.1 Å². The molecule has 2 heterocycles. The number of hydrogen-bond acceptors (Lipinski definition) is 6. The maximum Gasteiger partial charge on any atom is 0.241 e. The smallest absolute Gasteiger partial charge is 0.241 e. The molecule has 38 heavy (non-hydrogen) atoms. The van der Waals surface area contributed by atoms with Gasteiger partial charge in [-0.1, -0.05) is 62.3 Å². The molecule has 1 amide bonds. The number of nitrogens with one attached hydrogen (secondary N) is 1. The van der Waals surface area contributed by atoms with Gasteiger partial charge >= 0.3 is 0 Å². The van der Waals surface area contributed by atoms with Crippen LogP contribution < -0.4 is 10.1 Å². The number of nitrogens with zero attached hydrogens (tertiary/aromatic N) is 3. The molecule has 1 aliphatic heterocycles. The zero-order valence-corrected chi connectivity index (χ0v) is 23.5. The van der Waals surface area contributed by atoms with Crippen molar-refractivity contribution in [2.45, 2.75) is 78.4 Å². The minimum atomic E-state index is -0.0149. The standard InChI is InChI=1S/C31H42N4O3/c1-22(2)37-27-12-6-9-23(19-27)10-7-17-32-30(36)25-11-8-18-35(20-25)21-28-33-29(34-38-28)24-13-15-26(16-14-24)31(3,4)5/h6,9,12-16,19,22,25H,7-8,10-11,17-18,20-21H2,1-5H3,(H,32,36). The topological polar surface area (TPSA) is 80.5 Å². The highest BCUT2D eigenvalue weighted by Crippen LogP contribution is 2.25. The molecule has 1 unspecified atom stereocenters. The molecule has 1 aromatic heterocycles. The highest BCUT2D eigenvalue weighted by molar-refractivity contribution is 5.78. The first-order chi connectivity index (χ1) is 18.2. The molecule has 1 aliphatic rings. The maximum atomic E-state index is 12.9. The Morgan fingerprint density at radius 1 is 1.18 bits per heavy atom. The normalized spacial score (nSPS) is 16.5. The Bertz CT molecular complexity index is 1180. The molecular formula is C31H42N4O3. The second-order valence-electron chi connectivity index (χ2n) is 11.6. The summed E-state index contributed by atoms with van der Waals surface area (Å²) in [6.07, 6.45) is 3.86. The number of aromatic nitrogens is 2. The SMILES string of the molecule is CC(C)Oc1cccc(CCCNC(=O)C2CCCN(Cc3nc(-c4ccc(C(C)(C)C)cc4)no3)C2)c1. The van der Waals surface area contributed by atoms with E-state index in [1.54, 1.807) is 0 Å². The molecule has 4 rings (SSSR count). The largest absolute Gasteiger partial charge is 0.491 e. The zero-order valence-electron chi connectivity index (χ0n) is 23.5.